The first-order chi connectivity index (χ1) is 13.1. The van der Waals surface area contributed by atoms with E-state index in [1.54, 1.807) is 18.2 Å². The maximum Gasteiger partial charge on any atom is 0.259 e. The minimum atomic E-state index is -0.171. The second kappa shape index (κ2) is 7.43. The molecular formula is C21H14Cl2N2O2. The van der Waals surface area contributed by atoms with Crippen molar-refractivity contribution in [2.45, 2.75) is 6.61 Å². The average Bonchev–Trinajstić information content (AvgIpc) is 2.67. The van der Waals surface area contributed by atoms with Crippen LogP contribution >= 0.6 is 23.2 Å². The average molecular weight is 397 g/mol. The Morgan fingerprint density at radius 2 is 1.81 bits per heavy atom. The predicted octanol–water partition coefficient (Wildman–Crippen LogP) is 5.48. The molecular weight excluding hydrogens is 383 g/mol. The van der Waals surface area contributed by atoms with Crippen LogP contribution in [0, 0.1) is 0 Å². The molecule has 1 aromatic heterocycles. The molecule has 0 saturated heterocycles. The lowest BCUT2D eigenvalue weighted by Crippen LogP contribution is -2.09. The minimum absolute atomic E-state index is 0.171. The van der Waals surface area contributed by atoms with Crippen LogP contribution in [0.5, 0.6) is 5.75 Å². The number of nitrogens with one attached hydrogen (secondary N) is 1. The molecule has 0 aliphatic carbocycles. The first kappa shape index (κ1) is 17.6. The van der Waals surface area contributed by atoms with Crippen LogP contribution in [0.2, 0.25) is 10.0 Å². The van der Waals surface area contributed by atoms with E-state index in [1.807, 2.05) is 48.5 Å². The number of nitrogens with zero attached hydrogens (tertiary/aromatic N) is 1. The van der Waals surface area contributed by atoms with E-state index in [9.17, 15) is 4.79 Å². The van der Waals surface area contributed by atoms with E-state index in [1.165, 1.54) is 0 Å². The van der Waals surface area contributed by atoms with E-state index < -0.39 is 0 Å². The topological polar surface area (TPSA) is 55.0 Å². The Kier molecular flexibility index (Phi) is 4.84. The lowest BCUT2D eigenvalue weighted by molar-refractivity contribution is 0.306. The van der Waals surface area contributed by atoms with Crippen LogP contribution in [0.1, 0.15) is 5.56 Å². The maximum absolute atomic E-state index is 12.3. The van der Waals surface area contributed by atoms with E-state index in [-0.39, 0.29) is 5.56 Å². The van der Waals surface area contributed by atoms with E-state index >= 15 is 0 Å². The summed E-state index contributed by atoms with van der Waals surface area (Å²) in [5, 5.41) is 1.70. The Morgan fingerprint density at radius 3 is 2.67 bits per heavy atom. The monoisotopic (exact) mass is 396 g/mol. The summed E-state index contributed by atoms with van der Waals surface area (Å²) in [6.45, 7) is 0.307. The van der Waals surface area contributed by atoms with Gasteiger partial charge in [0, 0.05) is 21.2 Å². The lowest BCUT2D eigenvalue weighted by atomic mass is 10.2. The number of halogens is 2. The van der Waals surface area contributed by atoms with Crippen LogP contribution in [0.25, 0.3) is 22.3 Å². The van der Waals surface area contributed by atoms with Gasteiger partial charge in [0.05, 0.1) is 10.9 Å². The zero-order valence-electron chi connectivity index (χ0n) is 14.1. The molecule has 1 N–H and O–H groups in total. The number of H-pyrrole nitrogens is 1. The van der Waals surface area contributed by atoms with Crippen LogP contribution in [0.3, 0.4) is 0 Å². The normalized spacial score (nSPS) is 10.9. The molecule has 0 atom stereocenters. The zero-order chi connectivity index (χ0) is 18.8. The zero-order valence-corrected chi connectivity index (χ0v) is 15.6. The third kappa shape index (κ3) is 3.82. The molecule has 6 heteroatoms. The Hall–Kier alpha value is -2.82. The fourth-order valence-electron chi connectivity index (χ4n) is 2.76. The predicted molar refractivity (Wildman–Crippen MR) is 109 cm³/mol. The third-order valence-corrected chi connectivity index (χ3v) is 4.72. The number of benzene rings is 3. The largest absolute Gasteiger partial charge is 0.489 e. The Bertz CT molecular complexity index is 1190. The second-order valence-corrected chi connectivity index (χ2v) is 6.83. The van der Waals surface area contributed by atoms with Crippen molar-refractivity contribution in [3.05, 3.63) is 92.7 Å². The summed E-state index contributed by atoms with van der Waals surface area (Å²) in [6.07, 6.45) is 0. The summed E-state index contributed by atoms with van der Waals surface area (Å²) < 4.78 is 5.85. The molecule has 1 heterocycles. The van der Waals surface area contributed by atoms with Gasteiger partial charge in [-0.25, -0.2) is 4.98 Å². The summed E-state index contributed by atoms with van der Waals surface area (Å²) >= 11 is 12.1. The first-order valence-electron chi connectivity index (χ1n) is 8.26. The molecule has 4 rings (SSSR count). The van der Waals surface area contributed by atoms with Gasteiger partial charge < -0.3 is 9.72 Å². The van der Waals surface area contributed by atoms with Gasteiger partial charge >= 0.3 is 0 Å². The van der Waals surface area contributed by atoms with E-state index in [2.05, 4.69) is 9.97 Å². The second-order valence-electron chi connectivity index (χ2n) is 5.98. The molecule has 134 valence electrons. The standard InChI is InChI=1S/C21H14Cl2N2O2/c22-15-9-8-14(18(23)11-15)12-27-16-5-3-4-13(10-16)20-24-19-7-2-1-6-17(19)21(26)25-20/h1-11H,12H2,(H,24,25,26). The molecule has 4 aromatic rings. The molecule has 0 aliphatic heterocycles. The highest BCUT2D eigenvalue weighted by Gasteiger charge is 2.08. The van der Waals surface area contributed by atoms with Crippen LogP contribution < -0.4 is 10.3 Å². The summed E-state index contributed by atoms with van der Waals surface area (Å²) in [7, 11) is 0. The molecule has 0 saturated carbocycles. The van der Waals surface area contributed by atoms with Crippen molar-refractivity contribution < 1.29 is 4.74 Å². The van der Waals surface area contributed by atoms with Crippen molar-refractivity contribution in [2.75, 3.05) is 0 Å². The van der Waals surface area contributed by atoms with Crippen molar-refractivity contribution in [1.82, 2.24) is 9.97 Å². The molecule has 0 aliphatic rings. The number of hydrogen-bond acceptors (Lipinski definition) is 3. The lowest BCUT2D eigenvalue weighted by Gasteiger charge is -2.10. The van der Waals surface area contributed by atoms with Crippen LogP contribution in [0.15, 0.2) is 71.5 Å². The summed E-state index contributed by atoms with van der Waals surface area (Å²) in [6, 6.07) is 19.9. The summed E-state index contributed by atoms with van der Waals surface area (Å²) in [5.74, 6) is 1.14. The van der Waals surface area contributed by atoms with Gasteiger partial charge in [0.15, 0.2) is 0 Å². The summed E-state index contributed by atoms with van der Waals surface area (Å²) in [5.41, 5.74) is 2.08. The van der Waals surface area contributed by atoms with Crippen molar-refractivity contribution in [2.24, 2.45) is 0 Å². The van der Waals surface area contributed by atoms with E-state index in [0.717, 1.165) is 11.1 Å². The molecule has 0 spiro atoms. The summed E-state index contributed by atoms with van der Waals surface area (Å²) in [4.78, 5) is 19.6. The maximum atomic E-state index is 12.3. The number of ether oxygens (including phenoxy) is 1. The minimum Gasteiger partial charge on any atom is -0.489 e. The van der Waals surface area contributed by atoms with Crippen molar-refractivity contribution in [3.63, 3.8) is 0 Å². The molecule has 0 unspecified atom stereocenters. The fraction of sp³-hybridized carbons (Fsp3) is 0.0476. The number of hydrogen-bond donors (Lipinski definition) is 1. The molecule has 0 fully saturated rings. The highest BCUT2D eigenvalue weighted by atomic mass is 35.5. The van der Waals surface area contributed by atoms with Gasteiger partial charge in [-0.05, 0) is 36.4 Å². The molecule has 3 aromatic carbocycles. The first-order valence-corrected chi connectivity index (χ1v) is 9.02. The Balaban J connectivity index is 1.62. The number of para-hydroxylation sites is 1. The van der Waals surface area contributed by atoms with Crippen molar-refractivity contribution in [3.8, 4) is 17.1 Å². The smallest absolute Gasteiger partial charge is 0.259 e. The highest BCUT2D eigenvalue weighted by Crippen LogP contribution is 2.25. The van der Waals surface area contributed by atoms with Gasteiger partial charge in [0.25, 0.3) is 5.56 Å². The molecule has 0 radical (unpaired) electrons. The Labute approximate surface area is 165 Å². The van der Waals surface area contributed by atoms with Gasteiger partial charge in [-0.15, -0.1) is 0 Å². The SMILES string of the molecule is O=c1[nH]c(-c2cccc(OCc3ccc(Cl)cc3Cl)c2)nc2ccccc12. The molecule has 4 nitrogen and oxygen atoms in total. The van der Waals surface area contributed by atoms with Crippen LogP contribution in [-0.2, 0) is 6.61 Å². The molecule has 27 heavy (non-hydrogen) atoms. The molecule has 0 amide bonds. The number of aromatic nitrogens is 2. The van der Waals surface area contributed by atoms with Gasteiger partial charge in [-0.1, -0.05) is 53.5 Å². The van der Waals surface area contributed by atoms with Gasteiger partial charge in [0.2, 0.25) is 0 Å². The number of rotatable bonds is 4. The highest BCUT2D eigenvalue weighted by molar-refractivity contribution is 6.35. The van der Waals surface area contributed by atoms with Gasteiger partial charge in [-0.2, -0.15) is 0 Å². The molecule has 0 bridgehead atoms. The Morgan fingerprint density at radius 1 is 0.963 bits per heavy atom. The van der Waals surface area contributed by atoms with Gasteiger partial charge in [0.1, 0.15) is 18.2 Å². The van der Waals surface area contributed by atoms with E-state index in [4.69, 9.17) is 27.9 Å². The number of fused-ring (bicyclic) bond motifs is 1. The van der Waals surface area contributed by atoms with Crippen molar-refractivity contribution >= 4 is 34.1 Å². The van der Waals surface area contributed by atoms with Crippen LogP contribution in [-0.4, -0.2) is 9.97 Å². The quantitative estimate of drug-likeness (QED) is 0.497. The van der Waals surface area contributed by atoms with Crippen molar-refractivity contribution in [1.29, 1.82) is 0 Å². The van der Waals surface area contributed by atoms with Gasteiger partial charge in [-0.3, -0.25) is 4.79 Å². The fourth-order valence-corrected chi connectivity index (χ4v) is 3.22. The number of aromatic amines is 1. The third-order valence-electron chi connectivity index (χ3n) is 4.13. The van der Waals surface area contributed by atoms with Crippen LogP contribution in [0.4, 0.5) is 0 Å². The van der Waals surface area contributed by atoms with E-state index in [0.29, 0.717) is 39.1 Å².